The van der Waals surface area contributed by atoms with E-state index in [1.54, 1.807) is 0 Å². The van der Waals surface area contributed by atoms with Gasteiger partial charge in [0.2, 0.25) is 0 Å². The van der Waals surface area contributed by atoms with Gasteiger partial charge in [-0.3, -0.25) is 0 Å². The molecule has 4 heteroatoms. The number of unbranched alkanes of at least 4 members (excludes halogenated alkanes) is 2. The average molecular weight is 250 g/mol. The highest BCUT2D eigenvalue weighted by Gasteiger charge is 2.17. The van der Waals surface area contributed by atoms with Crippen LogP contribution in [0, 0.1) is 0 Å². The van der Waals surface area contributed by atoms with Gasteiger partial charge >= 0.3 is 0 Å². The fourth-order valence-corrected chi connectivity index (χ4v) is 1.97. The molecule has 1 aliphatic heterocycles. The Labute approximate surface area is 108 Å². The molecule has 18 heavy (non-hydrogen) atoms. The molecule has 1 unspecified atom stereocenters. The SMILES string of the molecule is CC1COc2ccc(NCCCCCN)cc2O1. The zero-order valence-electron chi connectivity index (χ0n) is 10.9. The Bertz CT molecular complexity index is 382. The monoisotopic (exact) mass is 250 g/mol. The molecule has 0 aliphatic carbocycles. The maximum absolute atomic E-state index is 5.74. The highest BCUT2D eigenvalue weighted by atomic mass is 16.6. The number of hydrogen-bond donors (Lipinski definition) is 2. The summed E-state index contributed by atoms with van der Waals surface area (Å²) >= 11 is 0. The summed E-state index contributed by atoms with van der Waals surface area (Å²) < 4.78 is 11.3. The molecule has 1 aliphatic rings. The van der Waals surface area contributed by atoms with Crippen LogP contribution >= 0.6 is 0 Å². The van der Waals surface area contributed by atoms with E-state index in [9.17, 15) is 0 Å². The smallest absolute Gasteiger partial charge is 0.163 e. The Balaban J connectivity index is 1.84. The second-order valence-corrected chi connectivity index (χ2v) is 4.68. The lowest BCUT2D eigenvalue weighted by Crippen LogP contribution is -2.25. The zero-order chi connectivity index (χ0) is 12.8. The van der Waals surface area contributed by atoms with Crippen LogP contribution in [0.5, 0.6) is 11.5 Å². The minimum absolute atomic E-state index is 0.123. The van der Waals surface area contributed by atoms with E-state index in [1.165, 1.54) is 6.42 Å². The van der Waals surface area contributed by atoms with E-state index in [2.05, 4.69) is 5.32 Å². The first-order valence-electron chi connectivity index (χ1n) is 6.67. The van der Waals surface area contributed by atoms with Gasteiger partial charge in [-0.25, -0.2) is 0 Å². The van der Waals surface area contributed by atoms with Crippen molar-refractivity contribution in [2.45, 2.75) is 32.3 Å². The van der Waals surface area contributed by atoms with E-state index in [0.717, 1.165) is 43.1 Å². The van der Waals surface area contributed by atoms with E-state index < -0.39 is 0 Å². The minimum atomic E-state index is 0.123. The van der Waals surface area contributed by atoms with Gasteiger partial charge in [-0.15, -0.1) is 0 Å². The lowest BCUT2D eigenvalue weighted by Gasteiger charge is -2.24. The van der Waals surface area contributed by atoms with Gasteiger partial charge < -0.3 is 20.5 Å². The predicted molar refractivity (Wildman–Crippen MR) is 73.4 cm³/mol. The molecule has 4 nitrogen and oxygen atoms in total. The first kappa shape index (κ1) is 13.0. The highest BCUT2D eigenvalue weighted by molar-refractivity contribution is 5.55. The first-order valence-corrected chi connectivity index (χ1v) is 6.67. The van der Waals surface area contributed by atoms with Crippen LogP contribution in [0.15, 0.2) is 18.2 Å². The van der Waals surface area contributed by atoms with Crippen LogP contribution < -0.4 is 20.5 Å². The number of anilines is 1. The van der Waals surface area contributed by atoms with Gasteiger partial charge in [-0.2, -0.15) is 0 Å². The van der Waals surface area contributed by atoms with Crippen LogP contribution in [0.1, 0.15) is 26.2 Å². The van der Waals surface area contributed by atoms with Crippen LogP contribution in [-0.4, -0.2) is 25.8 Å². The second kappa shape index (κ2) is 6.50. The number of ether oxygens (including phenoxy) is 2. The Kier molecular flexibility index (Phi) is 4.70. The summed E-state index contributed by atoms with van der Waals surface area (Å²) in [6.07, 6.45) is 3.53. The molecule has 0 bridgehead atoms. The largest absolute Gasteiger partial charge is 0.486 e. The third-order valence-corrected chi connectivity index (χ3v) is 2.96. The number of benzene rings is 1. The molecule has 0 spiro atoms. The third kappa shape index (κ3) is 3.53. The van der Waals surface area contributed by atoms with E-state index in [0.29, 0.717) is 6.61 Å². The summed E-state index contributed by atoms with van der Waals surface area (Å²) in [6.45, 7) is 4.38. The van der Waals surface area contributed by atoms with E-state index >= 15 is 0 Å². The van der Waals surface area contributed by atoms with Crippen molar-refractivity contribution in [3.63, 3.8) is 0 Å². The maximum atomic E-state index is 5.74. The van der Waals surface area contributed by atoms with Gasteiger partial charge in [-0.1, -0.05) is 6.42 Å². The number of nitrogens with one attached hydrogen (secondary N) is 1. The molecule has 0 saturated carbocycles. The van der Waals surface area contributed by atoms with Crippen molar-refractivity contribution in [1.82, 2.24) is 0 Å². The van der Waals surface area contributed by atoms with Crippen LogP contribution in [-0.2, 0) is 0 Å². The second-order valence-electron chi connectivity index (χ2n) is 4.68. The molecule has 1 aromatic rings. The maximum Gasteiger partial charge on any atom is 0.163 e. The van der Waals surface area contributed by atoms with Crippen molar-refractivity contribution in [3.05, 3.63) is 18.2 Å². The number of fused-ring (bicyclic) bond motifs is 1. The van der Waals surface area contributed by atoms with Crippen molar-refractivity contribution < 1.29 is 9.47 Å². The average Bonchev–Trinajstić information content (AvgIpc) is 2.38. The summed E-state index contributed by atoms with van der Waals surface area (Å²) in [5.74, 6) is 1.67. The van der Waals surface area contributed by atoms with E-state index in [-0.39, 0.29) is 6.10 Å². The van der Waals surface area contributed by atoms with Crippen molar-refractivity contribution in [2.24, 2.45) is 5.73 Å². The van der Waals surface area contributed by atoms with Crippen LogP contribution in [0.4, 0.5) is 5.69 Å². The predicted octanol–water partition coefficient (Wildman–Crippen LogP) is 2.39. The van der Waals surface area contributed by atoms with Crippen LogP contribution in [0.2, 0.25) is 0 Å². The summed E-state index contributed by atoms with van der Waals surface area (Å²) in [5, 5.41) is 3.39. The molecular formula is C14H22N2O2. The Hall–Kier alpha value is -1.42. The molecule has 1 aromatic carbocycles. The number of rotatable bonds is 6. The van der Waals surface area contributed by atoms with Crippen LogP contribution in [0.25, 0.3) is 0 Å². The molecule has 0 amide bonds. The first-order chi connectivity index (χ1) is 8.79. The molecule has 0 radical (unpaired) electrons. The van der Waals surface area contributed by atoms with E-state index in [1.807, 2.05) is 25.1 Å². The molecule has 0 fully saturated rings. The summed E-state index contributed by atoms with van der Waals surface area (Å²) in [6, 6.07) is 6.00. The standard InChI is InChI=1S/C14H22N2O2/c1-11-10-17-13-6-5-12(9-14(13)18-11)16-8-4-2-3-7-15/h5-6,9,11,16H,2-4,7-8,10,15H2,1H3. The zero-order valence-corrected chi connectivity index (χ0v) is 10.9. The van der Waals surface area contributed by atoms with E-state index in [4.69, 9.17) is 15.2 Å². The molecule has 1 atom stereocenters. The highest BCUT2D eigenvalue weighted by Crippen LogP contribution is 2.34. The molecular weight excluding hydrogens is 228 g/mol. The van der Waals surface area contributed by atoms with Crippen molar-refractivity contribution >= 4 is 5.69 Å². The lowest BCUT2D eigenvalue weighted by molar-refractivity contribution is 0.104. The van der Waals surface area contributed by atoms with Gasteiger partial charge in [-0.05, 0) is 38.4 Å². The van der Waals surface area contributed by atoms with Gasteiger partial charge in [0, 0.05) is 18.3 Å². The van der Waals surface area contributed by atoms with Gasteiger partial charge in [0.15, 0.2) is 11.5 Å². The Morgan fingerprint density at radius 3 is 3.00 bits per heavy atom. The molecule has 1 heterocycles. The van der Waals surface area contributed by atoms with Gasteiger partial charge in [0.25, 0.3) is 0 Å². The molecule has 3 N–H and O–H groups in total. The van der Waals surface area contributed by atoms with Crippen molar-refractivity contribution in [1.29, 1.82) is 0 Å². The molecule has 2 rings (SSSR count). The molecule has 100 valence electrons. The summed E-state index contributed by atoms with van der Waals surface area (Å²) in [5.41, 5.74) is 6.54. The summed E-state index contributed by atoms with van der Waals surface area (Å²) in [7, 11) is 0. The third-order valence-electron chi connectivity index (χ3n) is 2.96. The number of nitrogens with two attached hydrogens (primary N) is 1. The number of hydrogen-bond acceptors (Lipinski definition) is 4. The van der Waals surface area contributed by atoms with Crippen molar-refractivity contribution in [3.8, 4) is 11.5 Å². The quantitative estimate of drug-likeness (QED) is 0.761. The Morgan fingerprint density at radius 2 is 2.17 bits per heavy atom. The topological polar surface area (TPSA) is 56.5 Å². The fourth-order valence-electron chi connectivity index (χ4n) is 1.97. The molecule has 0 aromatic heterocycles. The minimum Gasteiger partial charge on any atom is -0.486 e. The van der Waals surface area contributed by atoms with Gasteiger partial charge in [0.05, 0.1) is 0 Å². The lowest BCUT2D eigenvalue weighted by atomic mass is 10.2. The van der Waals surface area contributed by atoms with Gasteiger partial charge in [0.1, 0.15) is 12.7 Å². The summed E-state index contributed by atoms with van der Waals surface area (Å²) in [4.78, 5) is 0. The fraction of sp³-hybridized carbons (Fsp3) is 0.571. The van der Waals surface area contributed by atoms with Crippen molar-refractivity contribution in [2.75, 3.05) is 25.0 Å². The molecule has 0 saturated heterocycles. The normalized spacial score (nSPS) is 17.6. The Morgan fingerprint density at radius 1 is 1.28 bits per heavy atom. The van der Waals surface area contributed by atoms with Crippen LogP contribution in [0.3, 0.4) is 0 Å².